The van der Waals surface area contributed by atoms with Crippen molar-refractivity contribution < 1.29 is 9.90 Å². The van der Waals surface area contributed by atoms with Gasteiger partial charge in [-0.3, -0.25) is 4.79 Å². The fraction of sp³-hybridized carbons (Fsp3) is 0.368. The van der Waals surface area contributed by atoms with Crippen LogP contribution in [0.25, 0.3) is 0 Å². The number of aryl methyl sites for hydroxylation is 1. The number of hydrogen-bond acceptors (Lipinski definition) is 4. The summed E-state index contributed by atoms with van der Waals surface area (Å²) in [6.07, 6.45) is 3.83. The molecule has 0 fully saturated rings. The van der Waals surface area contributed by atoms with E-state index in [1.165, 1.54) is 11.3 Å². The first kappa shape index (κ1) is 16.5. The first-order valence-corrected chi connectivity index (χ1v) is 8.46. The Bertz CT molecular complexity index is 717. The van der Waals surface area contributed by atoms with Crippen molar-refractivity contribution >= 4 is 17.4 Å². The van der Waals surface area contributed by atoms with E-state index in [2.05, 4.69) is 28.1 Å². The fourth-order valence-electron chi connectivity index (χ4n) is 3.18. The van der Waals surface area contributed by atoms with Crippen LogP contribution in [0.15, 0.2) is 42.6 Å². The molecule has 0 bridgehead atoms. The summed E-state index contributed by atoms with van der Waals surface area (Å²) in [5.74, 6) is 0.730. The molecule has 1 aromatic heterocycles. The smallest absolute Gasteiger partial charge is 0.254 e. The van der Waals surface area contributed by atoms with Gasteiger partial charge in [-0.15, -0.1) is 0 Å². The lowest BCUT2D eigenvalue weighted by Crippen LogP contribution is -2.33. The van der Waals surface area contributed by atoms with E-state index in [-0.39, 0.29) is 12.5 Å². The second-order valence-electron chi connectivity index (χ2n) is 5.90. The fourth-order valence-corrected chi connectivity index (χ4v) is 3.18. The van der Waals surface area contributed by atoms with Crippen molar-refractivity contribution in [2.45, 2.75) is 19.8 Å². The Morgan fingerprint density at radius 1 is 1.33 bits per heavy atom. The third kappa shape index (κ3) is 3.26. The van der Waals surface area contributed by atoms with Gasteiger partial charge in [-0.05, 0) is 43.5 Å². The monoisotopic (exact) mass is 325 g/mol. The second kappa shape index (κ2) is 7.45. The molecule has 3 rings (SSSR count). The number of carbonyl (C=O) groups excluding carboxylic acids is 1. The third-order valence-corrected chi connectivity index (χ3v) is 4.42. The number of aromatic nitrogens is 1. The van der Waals surface area contributed by atoms with Crippen molar-refractivity contribution in [3.63, 3.8) is 0 Å². The van der Waals surface area contributed by atoms with Crippen LogP contribution in [0.5, 0.6) is 0 Å². The van der Waals surface area contributed by atoms with Crippen LogP contribution in [-0.4, -0.2) is 47.1 Å². The van der Waals surface area contributed by atoms with Gasteiger partial charge < -0.3 is 14.9 Å². The molecule has 2 heterocycles. The van der Waals surface area contributed by atoms with Gasteiger partial charge in [0.15, 0.2) is 0 Å². The van der Waals surface area contributed by atoms with Gasteiger partial charge in [0.1, 0.15) is 5.82 Å². The van der Waals surface area contributed by atoms with Crippen LogP contribution in [0.4, 0.5) is 11.5 Å². The first-order chi connectivity index (χ1) is 11.7. The molecular formula is C19H23N3O2. The molecule has 0 saturated heterocycles. The average Bonchev–Trinajstić information content (AvgIpc) is 2.65. The van der Waals surface area contributed by atoms with Crippen molar-refractivity contribution in [3.8, 4) is 0 Å². The third-order valence-electron chi connectivity index (χ3n) is 4.42. The van der Waals surface area contributed by atoms with E-state index in [1.54, 1.807) is 17.2 Å². The number of aliphatic hydroxyl groups excluding tert-OH is 1. The number of para-hydroxylation sites is 1. The van der Waals surface area contributed by atoms with E-state index >= 15 is 0 Å². The van der Waals surface area contributed by atoms with Gasteiger partial charge in [-0.1, -0.05) is 18.2 Å². The van der Waals surface area contributed by atoms with Gasteiger partial charge in [-0.25, -0.2) is 4.98 Å². The van der Waals surface area contributed by atoms with E-state index < -0.39 is 0 Å². The summed E-state index contributed by atoms with van der Waals surface area (Å²) in [7, 11) is 0. The van der Waals surface area contributed by atoms with E-state index in [1.807, 2.05) is 19.1 Å². The lowest BCUT2D eigenvalue weighted by atomic mass is 10.0. The SMILES string of the molecule is CCN(CCO)C(=O)c1ccnc(N2CCCc3ccccc32)c1. The number of hydrogen-bond donors (Lipinski definition) is 1. The van der Waals surface area contributed by atoms with Crippen molar-refractivity contribution in [1.29, 1.82) is 0 Å². The number of rotatable bonds is 5. The van der Waals surface area contributed by atoms with Gasteiger partial charge in [-0.2, -0.15) is 0 Å². The zero-order valence-electron chi connectivity index (χ0n) is 14.0. The molecule has 5 nitrogen and oxygen atoms in total. The number of fused-ring (bicyclic) bond motifs is 1. The highest BCUT2D eigenvalue weighted by Gasteiger charge is 2.20. The number of likely N-dealkylation sites (N-methyl/N-ethyl adjacent to an activating group) is 1. The molecule has 0 spiro atoms. The maximum Gasteiger partial charge on any atom is 0.254 e. The van der Waals surface area contributed by atoms with Crippen LogP contribution in [0.3, 0.4) is 0 Å². The molecule has 1 N–H and O–H groups in total. The predicted octanol–water partition coefficient (Wildman–Crippen LogP) is 2.62. The van der Waals surface area contributed by atoms with Gasteiger partial charge in [0.05, 0.1) is 6.61 Å². The van der Waals surface area contributed by atoms with Crippen molar-refractivity contribution in [1.82, 2.24) is 9.88 Å². The summed E-state index contributed by atoms with van der Waals surface area (Å²) >= 11 is 0. The predicted molar refractivity (Wildman–Crippen MR) is 94.7 cm³/mol. The Morgan fingerprint density at radius 3 is 2.96 bits per heavy atom. The quantitative estimate of drug-likeness (QED) is 0.918. The molecule has 24 heavy (non-hydrogen) atoms. The summed E-state index contributed by atoms with van der Waals surface area (Å²) < 4.78 is 0. The largest absolute Gasteiger partial charge is 0.395 e. The molecule has 0 radical (unpaired) electrons. The number of aliphatic hydroxyl groups is 1. The minimum atomic E-state index is -0.0690. The van der Waals surface area contributed by atoms with Gasteiger partial charge in [0.2, 0.25) is 0 Å². The summed E-state index contributed by atoms with van der Waals surface area (Å²) in [6, 6.07) is 11.9. The van der Waals surface area contributed by atoms with E-state index in [0.717, 1.165) is 25.2 Å². The topological polar surface area (TPSA) is 56.7 Å². The minimum Gasteiger partial charge on any atom is -0.395 e. The Labute approximate surface area is 142 Å². The number of amides is 1. The molecule has 1 aromatic carbocycles. The molecule has 0 saturated carbocycles. The maximum absolute atomic E-state index is 12.6. The molecule has 1 aliphatic rings. The Hall–Kier alpha value is -2.40. The molecule has 5 heteroatoms. The van der Waals surface area contributed by atoms with Gasteiger partial charge in [0.25, 0.3) is 5.91 Å². The highest BCUT2D eigenvalue weighted by molar-refractivity contribution is 5.95. The number of anilines is 2. The molecule has 0 atom stereocenters. The second-order valence-corrected chi connectivity index (χ2v) is 5.90. The summed E-state index contributed by atoms with van der Waals surface area (Å²) in [5.41, 5.74) is 3.10. The van der Waals surface area contributed by atoms with E-state index in [9.17, 15) is 4.79 Å². The van der Waals surface area contributed by atoms with Crippen molar-refractivity contribution in [2.75, 3.05) is 31.1 Å². The van der Waals surface area contributed by atoms with Crippen LogP contribution in [0.1, 0.15) is 29.3 Å². The number of pyridine rings is 1. The van der Waals surface area contributed by atoms with Crippen molar-refractivity contribution in [2.24, 2.45) is 0 Å². The maximum atomic E-state index is 12.6. The van der Waals surface area contributed by atoms with Crippen LogP contribution >= 0.6 is 0 Å². The number of carbonyl (C=O) groups is 1. The van der Waals surface area contributed by atoms with Crippen LogP contribution in [0, 0.1) is 0 Å². The van der Waals surface area contributed by atoms with Crippen LogP contribution in [-0.2, 0) is 6.42 Å². The normalized spacial score (nSPS) is 13.5. The van der Waals surface area contributed by atoms with Crippen molar-refractivity contribution in [3.05, 3.63) is 53.7 Å². The number of nitrogens with zero attached hydrogens (tertiary/aromatic N) is 3. The van der Waals surface area contributed by atoms with Gasteiger partial charge in [0, 0.05) is 37.1 Å². The summed E-state index contributed by atoms with van der Waals surface area (Å²) in [6.45, 7) is 3.70. The lowest BCUT2D eigenvalue weighted by molar-refractivity contribution is 0.0732. The highest BCUT2D eigenvalue weighted by Crippen LogP contribution is 2.32. The van der Waals surface area contributed by atoms with Crippen LogP contribution < -0.4 is 4.90 Å². The molecule has 1 amide bonds. The van der Waals surface area contributed by atoms with Crippen LogP contribution in [0.2, 0.25) is 0 Å². The van der Waals surface area contributed by atoms with Gasteiger partial charge >= 0.3 is 0 Å². The lowest BCUT2D eigenvalue weighted by Gasteiger charge is -2.30. The molecule has 2 aromatic rings. The Balaban J connectivity index is 1.90. The zero-order chi connectivity index (χ0) is 16.9. The summed E-state index contributed by atoms with van der Waals surface area (Å²) in [5, 5.41) is 9.12. The first-order valence-electron chi connectivity index (χ1n) is 8.46. The standard InChI is InChI=1S/C19H23N3O2/c1-2-21(12-13-23)19(24)16-9-10-20-18(14-16)22-11-5-7-15-6-3-4-8-17(15)22/h3-4,6,8-10,14,23H,2,5,7,11-13H2,1H3. The van der Waals surface area contributed by atoms with E-state index in [0.29, 0.717) is 18.7 Å². The van der Waals surface area contributed by atoms with E-state index in [4.69, 9.17) is 5.11 Å². The minimum absolute atomic E-state index is 0.0307. The highest BCUT2D eigenvalue weighted by atomic mass is 16.3. The molecular weight excluding hydrogens is 302 g/mol. The molecule has 1 aliphatic heterocycles. The summed E-state index contributed by atoms with van der Waals surface area (Å²) in [4.78, 5) is 20.9. The number of benzene rings is 1. The average molecular weight is 325 g/mol. The molecule has 126 valence electrons. The zero-order valence-corrected chi connectivity index (χ0v) is 14.0. The molecule has 0 aliphatic carbocycles. The Kier molecular flexibility index (Phi) is 5.11. The Morgan fingerprint density at radius 2 is 2.17 bits per heavy atom. The molecule has 0 unspecified atom stereocenters.